The van der Waals surface area contributed by atoms with Gasteiger partial charge in [-0.2, -0.15) is 0 Å². The number of hydrogen-bond acceptors (Lipinski definition) is 5. The predicted octanol–water partition coefficient (Wildman–Crippen LogP) is 1.67. The van der Waals surface area contributed by atoms with E-state index in [2.05, 4.69) is 14.7 Å². The van der Waals surface area contributed by atoms with Crippen LogP contribution in [0.25, 0.3) is 11.0 Å². The Kier molecular flexibility index (Phi) is 3.97. The lowest BCUT2D eigenvalue weighted by Crippen LogP contribution is -2.27. The highest BCUT2D eigenvalue weighted by atomic mass is 32.2. The lowest BCUT2D eigenvalue weighted by molar-refractivity contribution is 0.171. The van der Waals surface area contributed by atoms with Crippen molar-refractivity contribution in [2.75, 3.05) is 13.2 Å². The zero-order valence-electron chi connectivity index (χ0n) is 13.9. The molecule has 8 nitrogen and oxygen atoms in total. The van der Waals surface area contributed by atoms with Gasteiger partial charge in [0.1, 0.15) is 13.2 Å². The van der Waals surface area contributed by atoms with Crippen LogP contribution in [0.2, 0.25) is 0 Å². The lowest BCUT2D eigenvalue weighted by atomic mass is 10.1. The van der Waals surface area contributed by atoms with Gasteiger partial charge in [0.2, 0.25) is 10.0 Å². The summed E-state index contributed by atoms with van der Waals surface area (Å²) in [5, 5.41) is 0. The van der Waals surface area contributed by atoms with Gasteiger partial charge in [-0.1, -0.05) is 6.07 Å². The molecule has 0 saturated heterocycles. The van der Waals surface area contributed by atoms with Gasteiger partial charge >= 0.3 is 5.69 Å². The van der Waals surface area contributed by atoms with Crippen molar-refractivity contribution < 1.29 is 17.9 Å². The Labute approximate surface area is 149 Å². The van der Waals surface area contributed by atoms with Crippen LogP contribution in [0.3, 0.4) is 0 Å². The van der Waals surface area contributed by atoms with E-state index in [1.807, 2.05) is 0 Å². The maximum absolute atomic E-state index is 12.7. The van der Waals surface area contributed by atoms with Gasteiger partial charge in [-0.15, -0.1) is 0 Å². The summed E-state index contributed by atoms with van der Waals surface area (Å²) in [5.74, 6) is 1.25. The number of imidazole rings is 1. The Balaban J connectivity index is 1.60. The summed E-state index contributed by atoms with van der Waals surface area (Å²) in [5.41, 5.74) is 1.36. The van der Waals surface area contributed by atoms with Crippen LogP contribution in [0.1, 0.15) is 18.5 Å². The molecule has 9 heteroatoms. The number of ether oxygens (including phenoxy) is 2. The molecule has 26 heavy (non-hydrogen) atoms. The predicted molar refractivity (Wildman–Crippen MR) is 95.1 cm³/mol. The van der Waals surface area contributed by atoms with Crippen molar-refractivity contribution in [2.24, 2.45) is 0 Å². The summed E-state index contributed by atoms with van der Waals surface area (Å²) in [6.07, 6.45) is 0. The first-order chi connectivity index (χ1) is 12.4. The van der Waals surface area contributed by atoms with Gasteiger partial charge in [-0.25, -0.2) is 17.9 Å². The molecule has 1 aliphatic rings. The number of aromatic nitrogens is 2. The SMILES string of the molecule is C[C@H](NS(=O)(=O)c1ccc2[nH]c(=O)[nH]c2c1)c1ccc2c(c1)OCCO2. The normalized spacial score (nSPS) is 15.1. The zero-order chi connectivity index (χ0) is 18.3. The minimum absolute atomic E-state index is 0.0737. The van der Waals surface area contributed by atoms with Crippen LogP contribution < -0.4 is 19.9 Å². The molecular weight excluding hydrogens is 358 g/mol. The summed E-state index contributed by atoms with van der Waals surface area (Å²) >= 11 is 0. The minimum atomic E-state index is -3.77. The first-order valence-corrected chi connectivity index (χ1v) is 9.55. The van der Waals surface area contributed by atoms with Crippen molar-refractivity contribution in [3.63, 3.8) is 0 Å². The maximum atomic E-state index is 12.7. The van der Waals surface area contributed by atoms with Crippen LogP contribution >= 0.6 is 0 Å². The van der Waals surface area contributed by atoms with Crippen molar-refractivity contribution in [2.45, 2.75) is 17.9 Å². The molecule has 0 radical (unpaired) electrons. The molecule has 3 aromatic rings. The Morgan fingerprint density at radius 2 is 1.73 bits per heavy atom. The molecular formula is C17H17N3O5S. The number of benzene rings is 2. The topological polar surface area (TPSA) is 113 Å². The van der Waals surface area contributed by atoms with Gasteiger partial charge in [0.15, 0.2) is 11.5 Å². The summed E-state index contributed by atoms with van der Waals surface area (Å²) in [6.45, 7) is 2.71. The van der Waals surface area contributed by atoms with Gasteiger partial charge in [0.05, 0.1) is 15.9 Å². The van der Waals surface area contributed by atoms with Gasteiger partial charge in [-0.3, -0.25) is 0 Å². The number of aromatic amines is 2. The smallest absolute Gasteiger partial charge is 0.323 e. The number of rotatable bonds is 4. The van der Waals surface area contributed by atoms with Crippen molar-refractivity contribution in [3.8, 4) is 11.5 Å². The minimum Gasteiger partial charge on any atom is -0.486 e. The second-order valence-electron chi connectivity index (χ2n) is 6.03. The molecule has 136 valence electrons. The number of fused-ring (bicyclic) bond motifs is 2. The third-order valence-corrected chi connectivity index (χ3v) is 5.73. The van der Waals surface area contributed by atoms with Crippen molar-refractivity contribution in [3.05, 3.63) is 52.4 Å². The van der Waals surface area contributed by atoms with Gasteiger partial charge in [0, 0.05) is 6.04 Å². The Bertz CT molecular complexity index is 1130. The van der Waals surface area contributed by atoms with E-state index in [1.54, 1.807) is 31.2 Å². The fourth-order valence-corrected chi connectivity index (χ4v) is 4.13. The molecule has 2 aromatic carbocycles. The summed E-state index contributed by atoms with van der Waals surface area (Å²) < 4.78 is 39.0. The van der Waals surface area contributed by atoms with Crippen molar-refractivity contribution in [1.29, 1.82) is 0 Å². The van der Waals surface area contributed by atoms with Gasteiger partial charge in [-0.05, 0) is 42.8 Å². The molecule has 2 heterocycles. The van der Waals surface area contributed by atoms with E-state index in [0.717, 1.165) is 5.56 Å². The second kappa shape index (κ2) is 6.19. The van der Waals surface area contributed by atoms with Crippen LogP contribution in [0.5, 0.6) is 11.5 Å². The molecule has 0 unspecified atom stereocenters. The Hall–Kier alpha value is -2.78. The monoisotopic (exact) mass is 375 g/mol. The zero-order valence-corrected chi connectivity index (χ0v) is 14.7. The first kappa shape index (κ1) is 16.7. The molecule has 0 aliphatic carbocycles. The van der Waals surface area contributed by atoms with E-state index in [9.17, 15) is 13.2 Å². The van der Waals surface area contributed by atoms with Gasteiger partial charge in [0.25, 0.3) is 0 Å². The highest BCUT2D eigenvalue weighted by Crippen LogP contribution is 2.33. The molecule has 1 atom stereocenters. The molecule has 0 saturated carbocycles. The summed E-state index contributed by atoms with van der Waals surface area (Å²) in [6, 6.07) is 9.29. The van der Waals surface area contributed by atoms with Crippen molar-refractivity contribution >= 4 is 21.1 Å². The number of H-pyrrole nitrogens is 2. The molecule has 0 bridgehead atoms. The second-order valence-corrected chi connectivity index (χ2v) is 7.75. The average molecular weight is 375 g/mol. The molecule has 0 fully saturated rings. The van der Waals surface area contributed by atoms with E-state index in [0.29, 0.717) is 35.7 Å². The number of nitrogens with one attached hydrogen (secondary N) is 3. The first-order valence-electron chi connectivity index (χ1n) is 8.06. The van der Waals surface area contributed by atoms with E-state index in [1.165, 1.54) is 12.1 Å². The number of hydrogen-bond donors (Lipinski definition) is 3. The largest absolute Gasteiger partial charge is 0.486 e. The van der Waals surface area contributed by atoms with Crippen LogP contribution in [0, 0.1) is 0 Å². The number of sulfonamides is 1. The maximum Gasteiger partial charge on any atom is 0.323 e. The standard InChI is InChI=1S/C17H17N3O5S/c1-10(11-2-5-15-16(8-11)25-7-6-24-15)20-26(22,23)12-3-4-13-14(9-12)19-17(21)18-13/h2-5,8-10,20H,6-7H2,1H3,(H2,18,19,21)/t10-/m0/s1. The van der Waals surface area contributed by atoms with E-state index in [4.69, 9.17) is 9.47 Å². The van der Waals surface area contributed by atoms with E-state index in [-0.39, 0.29) is 10.6 Å². The molecule has 0 spiro atoms. The van der Waals surface area contributed by atoms with E-state index < -0.39 is 16.1 Å². The Morgan fingerprint density at radius 3 is 2.54 bits per heavy atom. The van der Waals surface area contributed by atoms with Crippen molar-refractivity contribution in [1.82, 2.24) is 14.7 Å². The molecule has 1 aromatic heterocycles. The molecule has 3 N–H and O–H groups in total. The fourth-order valence-electron chi connectivity index (χ4n) is 2.88. The summed E-state index contributed by atoms with van der Waals surface area (Å²) in [7, 11) is -3.77. The van der Waals surface area contributed by atoms with Crippen LogP contribution in [0.15, 0.2) is 46.1 Å². The lowest BCUT2D eigenvalue weighted by Gasteiger charge is -2.21. The quantitative estimate of drug-likeness (QED) is 0.642. The van der Waals surface area contributed by atoms with Crippen LogP contribution in [-0.4, -0.2) is 31.6 Å². The highest BCUT2D eigenvalue weighted by molar-refractivity contribution is 7.89. The van der Waals surface area contributed by atoms with Crippen LogP contribution in [0.4, 0.5) is 0 Å². The third-order valence-electron chi connectivity index (χ3n) is 4.20. The average Bonchev–Trinajstić information content (AvgIpc) is 3.00. The third kappa shape index (κ3) is 3.06. The Morgan fingerprint density at radius 1 is 1.00 bits per heavy atom. The van der Waals surface area contributed by atoms with Crippen LogP contribution in [-0.2, 0) is 10.0 Å². The fraction of sp³-hybridized carbons (Fsp3) is 0.235. The molecule has 4 rings (SSSR count). The van der Waals surface area contributed by atoms with E-state index >= 15 is 0 Å². The molecule has 1 aliphatic heterocycles. The summed E-state index contributed by atoms with van der Waals surface area (Å²) in [4.78, 5) is 16.5. The van der Waals surface area contributed by atoms with Gasteiger partial charge < -0.3 is 19.4 Å². The molecule has 0 amide bonds. The highest BCUT2D eigenvalue weighted by Gasteiger charge is 2.21.